The van der Waals surface area contributed by atoms with E-state index in [1.165, 1.54) is 83.1 Å². The first-order valence-corrected chi connectivity index (χ1v) is 13.4. The smallest absolute Gasteiger partial charge is 0.420 e. The molecule has 0 aliphatic rings. The van der Waals surface area contributed by atoms with Gasteiger partial charge >= 0.3 is 30.4 Å². The fourth-order valence-electron chi connectivity index (χ4n) is 3.24. The lowest BCUT2D eigenvalue weighted by Gasteiger charge is -2.38. The minimum atomic E-state index is -5.11. The summed E-state index contributed by atoms with van der Waals surface area (Å²) < 4.78 is 63.0. The average Bonchev–Trinajstić information content (AvgIpc) is 2.70. The highest BCUT2D eigenvalue weighted by molar-refractivity contribution is 5.94. The van der Waals surface area contributed by atoms with Gasteiger partial charge in [-0.2, -0.15) is 18.1 Å². The fraction of sp³-hybridized carbons (Fsp3) is 0.724. The van der Waals surface area contributed by atoms with E-state index in [2.05, 4.69) is 13.2 Å². The van der Waals surface area contributed by atoms with Crippen molar-refractivity contribution in [1.29, 1.82) is 0 Å². The molecular formula is C29H47F3N2O9. The second kappa shape index (κ2) is 14.0. The summed E-state index contributed by atoms with van der Waals surface area (Å²) in [4.78, 5) is 53.2. The number of imide groups is 1. The molecule has 14 heteroatoms. The van der Waals surface area contributed by atoms with Gasteiger partial charge in [0.15, 0.2) is 12.3 Å². The van der Waals surface area contributed by atoms with Crippen molar-refractivity contribution in [3.8, 4) is 0 Å². The Hall–Kier alpha value is -3.29. The van der Waals surface area contributed by atoms with Gasteiger partial charge in [0.05, 0.1) is 0 Å². The lowest BCUT2D eigenvalue weighted by molar-refractivity contribution is -0.183. The molecule has 43 heavy (non-hydrogen) atoms. The van der Waals surface area contributed by atoms with Crippen molar-refractivity contribution < 1.29 is 56.4 Å². The quantitative estimate of drug-likeness (QED) is 0.139. The Morgan fingerprint density at radius 1 is 0.721 bits per heavy atom. The first kappa shape index (κ1) is 39.7. The molecule has 0 aliphatic heterocycles. The third-order valence-electron chi connectivity index (χ3n) is 4.72. The summed E-state index contributed by atoms with van der Waals surface area (Å²) in [7, 11) is 0. The Morgan fingerprint density at radius 2 is 1.07 bits per heavy atom. The number of esters is 1. The van der Waals surface area contributed by atoms with Crippen LogP contribution in [0.3, 0.4) is 0 Å². The van der Waals surface area contributed by atoms with Gasteiger partial charge in [0.2, 0.25) is 0 Å². The second-order valence-electron chi connectivity index (χ2n) is 13.7. The van der Waals surface area contributed by atoms with Gasteiger partial charge in [-0.3, -0.25) is 4.90 Å². The highest BCUT2D eigenvalue weighted by Crippen LogP contribution is 2.31. The van der Waals surface area contributed by atoms with E-state index in [1.807, 2.05) is 0 Å². The Morgan fingerprint density at radius 3 is 1.37 bits per heavy atom. The molecule has 3 amide bonds. The number of carbonyl (C=O) groups is 4. The van der Waals surface area contributed by atoms with Crippen molar-refractivity contribution in [1.82, 2.24) is 9.80 Å². The largest absolute Gasteiger partial charge is 0.458 e. The molecule has 3 atom stereocenters. The number of carbonyl (C=O) groups excluding carboxylic acids is 4. The standard InChI is InChI=1S/C29H47F3N2O9/c1-15-19(29(30,31)32)34(24(39)43-28(12,13)14)20(35)17(2)16-18(21(36)40-25(3,4)5)33(22(37)41-26(6,7)8)23(38)42-27(9,10)11/h15,18-20,35H,1-2,16H2,3-14H3/t18-,19+,20?/m0/s1. The molecule has 0 aliphatic carbocycles. The average molecular weight is 625 g/mol. The van der Waals surface area contributed by atoms with E-state index in [1.54, 1.807) is 0 Å². The van der Waals surface area contributed by atoms with Crippen LogP contribution in [0, 0.1) is 0 Å². The minimum absolute atomic E-state index is 0.0575. The molecule has 0 aromatic carbocycles. The highest BCUT2D eigenvalue weighted by Gasteiger charge is 2.49. The van der Waals surface area contributed by atoms with Crippen LogP contribution in [0.5, 0.6) is 0 Å². The number of aliphatic hydroxyl groups is 1. The van der Waals surface area contributed by atoms with Gasteiger partial charge in [0, 0.05) is 6.42 Å². The number of rotatable bonds is 8. The maximum Gasteiger partial charge on any atom is 0.420 e. The van der Waals surface area contributed by atoms with Crippen LogP contribution in [0.1, 0.15) is 89.5 Å². The van der Waals surface area contributed by atoms with Crippen LogP contribution in [-0.2, 0) is 23.7 Å². The van der Waals surface area contributed by atoms with Gasteiger partial charge in [0.1, 0.15) is 28.4 Å². The zero-order chi connectivity index (χ0) is 34.5. The van der Waals surface area contributed by atoms with Crippen molar-refractivity contribution in [2.45, 2.75) is 136 Å². The molecule has 1 unspecified atom stereocenters. The van der Waals surface area contributed by atoms with Gasteiger partial charge in [-0.05, 0) is 88.7 Å². The lowest BCUT2D eigenvalue weighted by atomic mass is 10.0. The van der Waals surface area contributed by atoms with Crippen LogP contribution in [0.4, 0.5) is 27.6 Å². The van der Waals surface area contributed by atoms with Crippen molar-refractivity contribution in [2.75, 3.05) is 0 Å². The van der Waals surface area contributed by atoms with Gasteiger partial charge < -0.3 is 24.1 Å². The van der Waals surface area contributed by atoms with Crippen LogP contribution >= 0.6 is 0 Å². The molecule has 0 aromatic rings. The summed E-state index contributed by atoms with van der Waals surface area (Å²) in [6.07, 6.45) is -12.3. The number of halogens is 3. The number of alkyl halides is 3. The van der Waals surface area contributed by atoms with E-state index in [4.69, 9.17) is 18.9 Å². The molecule has 0 heterocycles. The van der Waals surface area contributed by atoms with Crippen molar-refractivity contribution in [3.05, 3.63) is 24.8 Å². The van der Waals surface area contributed by atoms with E-state index < -0.39 is 83.1 Å². The third kappa shape index (κ3) is 14.2. The summed E-state index contributed by atoms with van der Waals surface area (Å²) >= 11 is 0. The summed E-state index contributed by atoms with van der Waals surface area (Å²) in [5, 5.41) is 11.1. The number of nitrogens with zero attached hydrogens (tertiary/aromatic N) is 2. The van der Waals surface area contributed by atoms with Crippen molar-refractivity contribution >= 4 is 24.2 Å². The first-order chi connectivity index (χ1) is 18.9. The normalized spacial score (nSPS) is 14.9. The highest BCUT2D eigenvalue weighted by atomic mass is 19.4. The van der Waals surface area contributed by atoms with Gasteiger partial charge in [-0.25, -0.2) is 19.2 Å². The number of amides is 3. The molecule has 0 radical (unpaired) electrons. The van der Waals surface area contributed by atoms with Crippen molar-refractivity contribution in [2.24, 2.45) is 0 Å². The fourth-order valence-corrected chi connectivity index (χ4v) is 3.24. The maximum absolute atomic E-state index is 14.0. The van der Waals surface area contributed by atoms with Crippen molar-refractivity contribution in [3.63, 3.8) is 0 Å². The van der Waals surface area contributed by atoms with Crippen LogP contribution in [0.25, 0.3) is 0 Å². The topological polar surface area (TPSA) is 132 Å². The van der Waals surface area contributed by atoms with E-state index in [-0.39, 0.29) is 4.90 Å². The van der Waals surface area contributed by atoms with Crippen LogP contribution in [0.15, 0.2) is 24.8 Å². The monoisotopic (exact) mass is 624 g/mol. The first-order valence-electron chi connectivity index (χ1n) is 13.4. The Kier molecular flexibility index (Phi) is 12.9. The van der Waals surface area contributed by atoms with E-state index in [9.17, 15) is 37.5 Å². The molecule has 0 saturated heterocycles. The summed E-state index contributed by atoms with van der Waals surface area (Å²) in [5.74, 6) is -1.20. The Labute approximate surface area is 251 Å². The SMILES string of the molecule is C=C[C@@H](N(C(=O)OC(C)(C)C)C(O)C(=C)C[C@@H](C(=O)OC(C)(C)C)N(C(=O)OC(C)(C)C)C(=O)OC(C)(C)C)C(F)(F)F. The van der Waals surface area contributed by atoms with Crippen LogP contribution < -0.4 is 0 Å². The van der Waals surface area contributed by atoms with E-state index in [0.717, 1.165) is 0 Å². The van der Waals surface area contributed by atoms with Gasteiger partial charge in [0.25, 0.3) is 0 Å². The molecule has 1 N–H and O–H groups in total. The number of hydrogen-bond donors (Lipinski definition) is 1. The second-order valence-corrected chi connectivity index (χ2v) is 13.7. The molecule has 0 spiro atoms. The third-order valence-corrected chi connectivity index (χ3v) is 4.72. The van der Waals surface area contributed by atoms with Crippen LogP contribution in [0.2, 0.25) is 0 Å². The number of ether oxygens (including phenoxy) is 4. The lowest BCUT2D eigenvalue weighted by Crippen LogP contribution is -2.56. The van der Waals surface area contributed by atoms with E-state index >= 15 is 0 Å². The predicted molar refractivity (Wildman–Crippen MR) is 152 cm³/mol. The molecule has 0 aromatic heterocycles. The Balaban J connectivity index is 7.02. The number of aliphatic hydroxyl groups excluding tert-OH is 1. The molecule has 0 rings (SSSR count). The molecule has 0 saturated carbocycles. The zero-order valence-electron chi connectivity index (χ0n) is 27.2. The van der Waals surface area contributed by atoms with E-state index in [0.29, 0.717) is 11.0 Å². The predicted octanol–water partition coefficient (Wildman–Crippen LogP) is 6.49. The van der Waals surface area contributed by atoms with Gasteiger partial charge in [-0.1, -0.05) is 12.7 Å². The summed E-state index contributed by atoms with van der Waals surface area (Å²) in [6.45, 7) is 24.4. The minimum Gasteiger partial charge on any atom is -0.458 e. The zero-order valence-corrected chi connectivity index (χ0v) is 27.2. The molecule has 0 fully saturated rings. The molecule has 11 nitrogen and oxygen atoms in total. The summed E-state index contributed by atoms with van der Waals surface area (Å²) in [6, 6.07) is -4.71. The molecule has 248 valence electrons. The van der Waals surface area contributed by atoms with Crippen LogP contribution in [-0.4, -0.2) is 86.0 Å². The molecule has 0 bridgehead atoms. The Bertz CT molecular complexity index is 1020. The van der Waals surface area contributed by atoms with Gasteiger partial charge in [-0.15, -0.1) is 6.58 Å². The number of hydrogen-bond acceptors (Lipinski definition) is 9. The molecular weight excluding hydrogens is 577 g/mol. The summed E-state index contributed by atoms with van der Waals surface area (Å²) in [5.41, 5.74) is -5.34. The maximum atomic E-state index is 14.0.